The van der Waals surface area contributed by atoms with Gasteiger partial charge in [0.15, 0.2) is 0 Å². The summed E-state index contributed by atoms with van der Waals surface area (Å²) in [5.41, 5.74) is 3.28. The van der Waals surface area contributed by atoms with E-state index < -0.39 is 29.2 Å². The fourth-order valence-corrected chi connectivity index (χ4v) is 2.17. The van der Waals surface area contributed by atoms with E-state index in [-0.39, 0.29) is 13.2 Å². The largest absolute Gasteiger partial charge is 0.448 e. The van der Waals surface area contributed by atoms with Gasteiger partial charge in [0.05, 0.1) is 5.56 Å². The number of carbonyl (C=O) groups is 1. The zero-order valence-electron chi connectivity index (χ0n) is 11.0. The van der Waals surface area contributed by atoms with Crippen molar-refractivity contribution in [3.05, 3.63) is 35.1 Å². The van der Waals surface area contributed by atoms with Crippen LogP contribution in [0.15, 0.2) is 18.2 Å². The fourth-order valence-electron chi connectivity index (χ4n) is 2.17. The number of hydrogen-bond acceptors (Lipinski definition) is 3. The lowest BCUT2D eigenvalue weighted by Gasteiger charge is -2.19. The maximum Gasteiger partial charge on any atom is 0.419 e. The molecule has 1 aromatic carbocycles. The van der Waals surface area contributed by atoms with Crippen LogP contribution in [0.3, 0.4) is 0 Å². The summed E-state index contributed by atoms with van der Waals surface area (Å²) in [4.78, 5) is 10.4. The normalized spacial score (nSPS) is 16.6. The number of primary amides is 1. The molecule has 1 amide bonds. The van der Waals surface area contributed by atoms with Crippen molar-refractivity contribution in [3.8, 4) is 0 Å². The molecule has 4 nitrogen and oxygen atoms in total. The van der Waals surface area contributed by atoms with Gasteiger partial charge >= 0.3 is 12.3 Å². The van der Waals surface area contributed by atoms with Crippen LogP contribution in [0.1, 0.15) is 24.0 Å². The highest BCUT2D eigenvalue weighted by atomic mass is 19.4. The second-order valence-corrected chi connectivity index (χ2v) is 4.87. The Balaban J connectivity index is 2.09. The van der Waals surface area contributed by atoms with Gasteiger partial charge in [-0.2, -0.15) is 13.2 Å². The Labute approximate surface area is 118 Å². The van der Waals surface area contributed by atoms with Gasteiger partial charge in [0.25, 0.3) is 0 Å². The number of ether oxygens (including phenoxy) is 1. The third kappa shape index (κ3) is 3.63. The van der Waals surface area contributed by atoms with Gasteiger partial charge in [-0.25, -0.2) is 9.18 Å². The second-order valence-electron chi connectivity index (χ2n) is 4.87. The van der Waals surface area contributed by atoms with Crippen LogP contribution in [-0.4, -0.2) is 19.2 Å². The quantitative estimate of drug-likeness (QED) is 0.649. The molecular formula is C13H14F4N2O2. The number of rotatable bonds is 5. The molecular weight excluding hydrogens is 292 g/mol. The van der Waals surface area contributed by atoms with Crippen molar-refractivity contribution in [2.45, 2.75) is 24.6 Å². The van der Waals surface area contributed by atoms with Crippen LogP contribution in [0.4, 0.5) is 22.4 Å². The Kier molecular flexibility index (Phi) is 4.08. The minimum absolute atomic E-state index is 0.0183. The summed E-state index contributed by atoms with van der Waals surface area (Å²) in [6, 6.07) is 2.98. The van der Waals surface area contributed by atoms with Crippen LogP contribution in [0.5, 0.6) is 0 Å². The second kappa shape index (κ2) is 5.51. The summed E-state index contributed by atoms with van der Waals surface area (Å²) in [5.74, 6) is -1.29. The average molecular weight is 306 g/mol. The van der Waals surface area contributed by atoms with Crippen LogP contribution in [0, 0.1) is 5.82 Å². The molecule has 0 aromatic heterocycles. The van der Waals surface area contributed by atoms with Crippen LogP contribution in [0.2, 0.25) is 0 Å². The van der Waals surface area contributed by atoms with E-state index in [9.17, 15) is 22.4 Å². The number of benzene rings is 1. The molecule has 0 spiro atoms. The number of nitrogens with one attached hydrogen (secondary N) is 1. The first kappa shape index (κ1) is 15.6. The van der Waals surface area contributed by atoms with Crippen LogP contribution < -0.4 is 11.1 Å². The first-order valence-electron chi connectivity index (χ1n) is 6.29. The summed E-state index contributed by atoms with van der Waals surface area (Å²) in [5, 5.41) is 3.02. The van der Waals surface area contributed by atoms with Crippen molar-refractivity contribution in [1.82, 2.24) is 5.32 Å². The number of carbonyl (C=O) groups excluding carboxylic acids is 1. The molecule has 0 bridgehead atoms. The third-order valence-electron chi connectivity index (χ3n) is 3.38. The van der Waals surface area contributed by atoms with E-state index in [1.165, 1.54) is 6.07 Å². The average Bonchev–Trinajstić information content (AvgIpc) is 3.15. The molecule has 0 atom stereocenters. The predicted octanol–water partition coefficient (Wildman–Crippen LogP) is 2.52. The van der Waals surface area contributed by atoms with Gasteiger partial charge in [0, 0.05) is 12.1 Å². The molecule has 8 heteroatoms. The van der Waals surface area contributed by atoms with Gasteiger partial charge in [-0.15, -0.1) is 0 Å². The van der Waals surface area contributed by atoms with E-state index in [1.54, 1.807) is 0 Å². The van der Waals surface area contributed by atoms with Crippen LogP contribution in [-0.2, 0) is 16.5 Å². The number of alkyl halides is 3. The summed E-state index contributed by atoms with van der Waals surface area (Å²) in [6.45, 7) is 0.270. The highest BCUT2D eigenvalue weighted by Gasteiger charge is 2.45. The zero-order valence-corrected chi connectivity index (χ0v) is 11.0. The lowest BCUT2D eigenvalue weighted by Crippen LogP contribution is -2.33. The monoisotopic (exact) mass is 306 g/mol. The standard InChI is InChI=1S/C13H14F4N2O2/c14-10-2-1-8(7-9(10)13(15,16)17)12(3-4-12)19-5-6-21-11(18)20/h1-2,7,19H,3-6H2,(H2,18,20). The zero-order chi connectivity index (χ0) is 15.7. The number of amides is 1. The van der Waals surface area contributed by atoms with Gasteiger partial charge < -0.3 is 15.8 Å². The molecule has 0 unspecified atom stereocenters. The molecule has 21 heavy (non-hydrogen) atoms. The smallest absolute Gasteiger partial charge is 0.419 e. The molecule has 3 N–H and O–H groups in total. The molecule has 116 valence electrons. The Morgan fingerprint density at radius 3 is 2.57 bits per heavy atom. The molecule has 0 heterocycles. The molecule has 1 fully saturated rings. The van der Waals surface area contributed by atoms with Crippen molar-refractivity contribution in [2.24, 2.45) is 5.73 Å². The first-order chi connectivity index (χ1) is 9.74. The fraction of sp³-hybridized carbons (Fsp3) is 0.462. The lowest BCUT2D eigenvalue weighted by atomic mass is 10.0. The molecule has 0 radical (unpaired) electrons. The van der Waals surface area contributed by atoms with Gasteiger partial charge in [0.1, 0.15) is 12.4 Å². The van der Waals surface area contributed by atoms with Gasteiger partial charge in [-0.05, 0) is 30.5 Å². The maximum absolute atomic E-state index is 13.3. The van der Waals surface area contributed by atoms with Crippen molar-refractivity contribution in [3.63, 3.8) is 0 Å². The van der Waals surface area contributed by atoms with E-state index in [1.807, 2.05) is 0 Å². The Morgan fingerprint density at radius 2 is 2.05 bits per heavy atom. The van der Waals surface area contributed by atoms with Crippen molar-refractivity contribution < 1.29 is 27.1 Å². The molecule has 1 aromatic rings. The lowest BCUT2D eigenvalue weighted by molar-refractivity contribution is -0.140. The first-order valence-corrected chi connectivity index (χ1v) is 6.29. The summed E-state index contributed by atoms with van der Waals surface area (Å²) < 4.78 is 55.9. The van der Waals surface area contributed by atoms with E-state index in [2.05, 4.69) is 10.1 Å². The highest BCUT2D eigenvalue weighted by molar-refractivity contribution is 5.64. The van der Waals surface area contributed by atoms with E-state index >= 15 is 0 Å². The summed E-state index contributed by atoms with van der Waals surface area (Å²) >= 11 is 0. The molecule has 0 aliphatic heterocycles. The summed E-state index contributed by atoms with van der Waals surface area (Å²) in [7, 11) is 0. The molecule has 1 aliphatic carbocycles. The molecule has 1 aliphatic rings. The predicted molar refractivity (Wildman–Crippen MR) is 65.9 cm³/mol. The van der Waals surface area contributed by atoms with E-state index in [4.69, 9.17) is 5.73 Å². The molecule has 0 saturated heterocycles. The van der Waals surface area contributed by atoms with Gasteiger partial charge in [0.2, 0.25) is 0 Å². The van der Waals surface area contributed by atoms with Gasteiger partial charge in [-0.3, -0.25) is 0 Å². The Morgan fingerprint density at radius 1 is 1.38 bits per heavy atom. The topological polar surface area (TPSA) is 64.4 Å². The Bertz CT molecular complexity index is 541. The van der Waals surface area contributed by atoms with Gasteiger partial charge in [-0.1, -0.05) is 6.07 Å². The molecule has 1 saturated carbocycles. The minimum Gasteiger partial charge on any atom is -0.448 e. The number of halogens is 4. The third-order valence-corrected chi connectivity index (χ3v) is 3.38. The highest BCUT2D eigenvalue weighted by Crippen LogP contribution is 2.46. The number of nitrogens with two attached hydrogens (primary N) is 1. The van der Waals surface area contributed by atoms with Crippen molar-refractivity contribution >= 4 is 6.09 Å². The van der Waals surface area contributed by atoms with E-state index in [0.29, 0.717) is 18.4 Å². The SMILES string of the molecule is NC(=O)OCCNC1(c2ccc(F)c(C(F)(F)F)c2)CC1. The van der Waals surface area contributed by atoms with Crippen LogP contribution in [0.25, 0.3) is 0 Å². The molecule has 2 rings (SSSR count). The van der Waals surface area contributed by atoms with Crippen LogP contribution >= 0.6 is 0 Å². The Hall–Kier alpha value is -1.83. The summed E-state index contributed by atoms with van der Waals surface area (Å²) in [6.07, 6.45) is -4.38. The minimum atomic E-state index is -4.73. The van der Waals surface area contributed by atoms with Crippen molar-refractivity contribution in [1.29, 1.82) is 0 Å². The number of hydrogen-bond donors (Lipinski definition) is 2. The maximum atomic E-state index is 13.3. The van der Waals surface area contributed by atoms with E-state index in [0.717, 1.165) is 12.1 Å². The van der Waals surface area contributed by atoms with Crippen molar-refractivity contribution in [2.75, 3.05) is 13.2 Å².